The van der Waals surface area contributed by atoms with Crippen LogP contribution in [0.25, 0.3) is 5.69 Å². The number of nitrogens with one attached hydrogen (secondary N) is 2. The van der Waals surface area contributed by atoms with Crippen molar-refractivity contribution < 1.29 is 9.59 Å². The van der Waals surface area contributed by atoms with Crippen LogP contribution in [-0.4, -0.2) is 21.6 Å². The molecule has 3 aromatic carbocycles. The minimum atomic E-state index is -0.436. The molecular formula is C24H19ClN4O2. The third kappa shape index (κ3) is 4.49. The number of amides is 2. The predicted octanol–water partition coefficient (Wildman–Crippen LogP) is 5.34. The summed E-state index contributed by atoms with van der Waals surface area (Å²) in [4.78, 5) is 25.9. The molecule has 0 aliphatic heterocycles. The highest BCUT2D eigenvalue weighted by Gasteiger charge is 2.21. The molecule has 7 heteroatoms. The summed E-state index contributed by atoms with van der Waals surface area (Å²) in [6.45, 7) is 1.95. The van der Waals surface area contributed by atoms with Gasteiger partial charge in [0.05, 0.1) is 22.6 Å². The van der Waals surface area contributed by atoms with Gasteiger partial charge in [-0.05, 0) is 43.3 Å². The molecule has 4 rings (SSSR count). The fraction of sp³-hybridized carbons (Fsp3) is 0.0417. The van der Waals surface area contributed by atoms with E-state index in [0.717, 1.165) is 5.56 Å². The minimum absolute atomic E-state index is 0.212. The third-order valence-corrected chi connectivity index (χ3v) is 5.01. The average Bonchev–Trinajstić information content (AvgIpc) is 3.20. The molecule has 1 heterocycles. The number of anilines is 2. The van der Waals surface area contributed by atoms with Gasteiger partial charge in [-0.1, -0.05) is 59.6 Å². The van der Waals surface area contributed by atoms with Crippen molar-refractivity contribution in [3.63, 3.8) is 0 Å². The summed E-state index contributed by atoms with van der Waals surface area (Å²) in [5.41, 5.74) is 2.91. The number of nitrogens with zero attached hydrogens (tertiary/aromatic N) is 2. The van der Waals surface area contributed by atoms with E-state index < -0.39 is 5.91 Å². The second kappa shape index (κ2) is 8.85. The van der Waals surface area contributed by atoms with Gasteiger partial charge in [-0.3, -0.25) is 9.59 Å². The topological polar surface area (TPSA) is 76.0 Å². The number of carbonyl (C=O) groups excluding carboxylic acids is 2. The van der Waals surface area contributed by atoms with Gasteiger partial charge in [-0.25, -0.2) is 4.68 Å². The largest absolute Gasteiger partial charge is 0.320 e. The molecule has 0 bridgehead atoms. The molecule has 154 valence electrons. The van der Waals surface area contributed by atoms with Crippen molar-refractivity contribution >= 4 is 34.9 Å². The van der Waals surface area contributed by atoms with Gasteiger partial charge in [0.1, 0.15) is 11.4 Å². The van der Waals surface area contributed by atoms with E-state index in [9.17, 15) is 9.59 Å². The zero-order valence-electron chi connectivity index (χ0n) is 16.7. The van der Waals surface area contributed by atoms with Crippen molar-refractivity contribution in [1.82, 2.24) is 9.78 Å². The van der Waals surface area contributed by atoms with Crippen LogP contribution in [0.2, 0.25) is 5.02 Å². The number of hydrogen-bond acceptors (Lipinski definition) is 3. The fourth-order valence-corrected chi connectivity index (χ4v) is 3.22. The van der Waals surface area contributed by atoms with Crippen LogP contribution in [0.4, 0.5) is 11.5 Å². The maximum absolute atomic E-state index is 13.0. The van der Waals surface area contributed by atoms with Crippen molar-refractivity contribution in [3.8, 4) is 5.69 Å². The molecule has 0 fully saturated rings. The van der Waals surface area contributed by atoms with Crippen LogP contribution in [0.15, 0.2) is 85.1 Å². The Morgan fingerprint density at radius 2 is 1.52 bits per heavy atom. The molecule has 0 saturated heterocycles. The van der Waals surface area contributed by atoms with Crippen LogP contribution in [0.1, 0.15) is 26.3 Å². The van der Waals surface area contributed by atoms with Crippen LogP contribution >= 0.6 is 11.6 Å². The zero-order valence-corrected chi connectivity index (χ0v) is 17.4. The van der Waals surface area contributed by atoms with Crippen LogP contribution in [0.5, 0.6) is 0 Å². The molecule has 2 N–H and O–H groups in total. The highest BCUT2D eigenvalue weighted by molar-refractivity contribution is 6.34. The van der Waals surface area contributed by atoms with Gasteiger partial charge < -0.3 is 10.6 Å². The molecule has 31 heavy (non-hydrogen) atoms. The van der Waals surface area contributed by atoms with Gasteiger partial charge in [0, 0.05) is 5.56 Å². The Morgan fingerprint density at radius 3 is 2.23 bits per heavy atom. The van der Waals surface area contributed by atoms with Gasteiger partial charge >= 0.3 is 0 Å². The van der Waals surface area contributed by atoms with E-state index in [0.29, 0.717) is 22.0 Å². The number of para-hydroxylation sites is 2. The Bertz CT molecular complexity index is 1230. The van der Waals surface area contributed by atoms with E-state index in [2.05, 4.69) is 15.7 Å². The molecule has 0 unspecified atom stereocenters. The highest BCUT2D eigenvalue weighted by atomic mass is 35.5. The van der Waals surface area contributed by atoms with E-state index in [1.807, 2.05) is 49.4 Å². The Hall–Kier alpha value is -3.90. The SMILES string of the molecule is Cc1ccc(C(=O)Nc2c(C(=O)Nc3ccccc3Cl)cnn2-c2ccccc2)cc1. The first-order valence-corrected chi connectivity index (χ1v) is 9.98. The molecule has 6 nitrogen and oxygen atoms in total. The fourth-order valence-electron chi connectivity index (χ4n) is 3.04. The van der Waals surface area contributed by atoms with Crippen molar-refractivity contribution in [2.75, 3.05) is 10.6 Å². The molecule has 0 atom stereocenters. The van der Waals surface area contributed by atoms with E-state index in [1.54, 1.807) is 36.4 Å². The molecule has 0 spiro atoms. The molecule has 0 radical (unpaired) electrons. The summed E-state index contributed by atoms with van der Waals surface area (Å²) < 4.78 is 1.52. The van der Waals surface area contributed by atoms with E-state index in [-0.39, 0.29) is 17.3 Å². The lowest BCUT2D eigenvalue weighted by Gasteiger charge is -2.12. The molecule has 4 aromatic rings. The van der Waals surface area contributed by atoms with Gasteiger partial charge in [-0.2, -0.15) is 5.10 Å². The minimum Gasteiger partial charge on any atom is -0.320 e. The second-order valence-electron chi connectivity index (χ2n) is 6.91. The maximum atomic E-state index is 13.0. The number of benzene rings is 3. The molecule has 0 saturated carbocycles. The summed E-state index contributed by atoms with van der Waals surface area (Å²) >= 11 is 6.17. The van der Waals surface area contributed by atoms with Gasteiger partial charge in [0.25, 0.3) is 11.8 Å². The molecular weight excluding hydrogens is 412 g/mol. The van der Waals surface area contributed by atoms with Crippen molar-refractivity contribution in [3.05, 3.63) is 107 Å². The third-order valence-electron chi connectivity index (χ3n) is 4.68. The van der Waals surface area contributed by atoms with Crippen LogP contribution in [0.3, 0.4) is 0 Å². The molecule has 1 aromatic heterocycles. The first kappa shape index (κ1) is 20.4. The van der Waals surface area contributed by atoms with E-state index in [4.69, 9.17) is 11.6 Å². The van der Waals surface area contributed by atoms with Crippen LogP contribution < -0.4 is 10.6 Å². The van der Waals surface area contributed by atoms with E-state index >= 15 is 0 Å². The van der Waals surface area contributed by atoms with Crippen LogP contribution in [0, 0.1) is 6.92 Å². The average molecular weight is 431 g/mol. The Labute approximate surface area is 184 Å². The lowest BCUT2D eigenvalue weighted by atomic mass is 10.1. The van der Waals surface area contributed by atoms with Crippen LogP contribution in [-0.2, 0) is 0 Å². The number of aryl methyl sites for hydroxylation is 1. The van der Waals surface area contributed by atoms with Gasteiger partial charge in [-0.15, -0.1) is 0 Å². The smallest absolute Gasteiger partial charge is 0.261 e. The van der Waals surface area contributed by atoms with Crippen molar-refractivity contribution in [2.45, 2.75) is 6.92 Å². The first-order valence-electron chi connectivity index (χ1n) is 9.60. The number of hydrogen-bond donors (Lipinski definition) is 2. The number of rotatable bonds is 5. The molecule has 0 aliphatic rings. The van der Waals surface area contributed by atoms with Crippen molar-refractivity contribution in [1.29, 1.82) is 0 Å². The Morgan fingerprint density at radius 1 is 0.839 bits per heavy atom. The molecule has 2 amide bonds. The quantitative estimate of drug-likeness (QED) is 0.448. The summed E-state index contributed by atoms with van der Waals surface area (Å²) in [5.74, 6) is -0.514. The standard InChI is InChI=1S/C24H19ClN4O2/c1-16-11-13-17(14-12-16)23(30)28-22-19(15-26-29(22)18-7-3-2-4-8-18)24(31)27-21-10-6-5-9-20(21)25/h2-15H,1H3,(H,27,31)(H,28,30). The normalized spacial score (nSPS) is 10.5. The lowest BCUT2D eigenvalue weighted by Crippen LogP contribution is -2.19. The number of halogens is 1. The second-order valence-corrected chi connectivity index (χ2v) is 7.32. The zero-order chi connectivity index (χ0) is 21.8. The summed E-state index contributed by atoms with van der Waals surface area (Å²) in [6, 6.07) is 23.4. The van der Waals surface area contributed by atoms with Gasteiger partial charge in [0.2, 0.25) is 0 Å². The highest BCUT2D eigenvalue weighted by Crippen LogP contribution is 2.25. The first-order chi connectivity index (χ1) is 15.0. The molecule has 0 aliphatic carbocycles. The predicted molar refractivity (Wildman–Crippen MR) is 122 cm³/mol. The number of aromatic nitrogens is 2. The van der Waals surface area contributed by atoms with E-state index in [1.165, 1.54) is 10.9 Å². The summed E-state index contributed by atoms with van der Waals surface area (Å²) in [7, 11) is 0. The maximum Gasteiger partial charge on any atom is 0.261 e. The Kier molecular flexibility index (Phi) is 5.82. The monoisotopic (exact) mass is 430 g/mol. The Balaban J connectivity index is 1.71. The summed E-state index contributed by atoms with van der Waals surface area (Å²) in [5, 5.41) is 10.4. The van der Waals surface area contributed by atoms with Gasteiger partial charge in [0.15, 0.2) is 0 Å². The lowest BCUT2D eigenvalue weighted by molar-refractivity contribution is 0.102. The summed E-state index contributed by atoms with van der Waals surface area (Å²) in [6.07, 6.45) is 1.42. The number of carbonyl (C=O) groups is 2. The van der Waals surface area contributed by atoms with Crippen molar-refractivity contribution in [2.24, 2.45) is 0 Å².